The van der Waals surface area contributed by atoms with Crippen LogP contribution in [0.1, 0.15) is 19.4 Å². The number of hydrogen-bond donors (Lipinski definition) is 3. The SMILES string of the molecule is CC(C)(O)c1ccc(B(O)O)cc1.COc1ccccc1-n1cnc2ccc(Br)cc21. The lowest BCUT2D eigenvalue weighted by Crippen LogP contribution is -2.30. The number of halogens is 1. The zero-order valence-electron chi connectivity index (χ0n) is 17.5. The summed E-state index contributed by atoms with van der Waals surface area (Å²) in [7, 11) is 0.226. The average Bonchev–Trinajstić information content (AvgIpc) is 3.16. The Bertz CT molecular complexity index is 1150. The van der Waals surface area contributed by atoms with Gasteiger partial charge in [0.05, 0.1) is 29.4 Å². The van der Waals surface area contributed by atoms with Crippen LogP contribution in [0.25, 0.3) is 16.7 Å². The lowest BCUT2D eigenvalue weighted by molar-refractivity contribution is 0.0786. The van der Waals surface area contributed by atoms with Gasteiger partial charge in [-0.25, -0.2) is 4.98 Å². The van der Waals surface area contributed by atoms with Crippen LogP contribution in [0.15, 0.2) is 77.5 Å². The van der Waals surface area contributed by atoms with Crippen LogP contribution in [0.5, 0.6) is 5.75 Å². The van der Waals surface area contributed by atoms with Crippen molar-refractivity contribution in [3.63, 3.8) is 0 Å². The Hall–Kier alpha value is -2.65. The Morgan fingerprint density at radius 1 is 1.00 bits per heavy atom. The lowest BCUT2D eigenvalue weighted by atomic mass is 9.79. The molecular weight excluding hydrogens is 459 g/mol. The summed E-state index contributed by atoms with van der Waals surface area (Å²) in [5.41, 5.74) is 3.28. The van der Waals surface area contributed by atoms with Gasteiger partial charge in [-0.1, -0.05) is 52.3 Å². The minimum absolute atomic E-state index is 0.424. The van der Waals surface area contributed by atoms with Gasteiger partial charge in [-0.2, -0.15) is 0 Å². The smallest absolute Gasteiger partial charge is 0.488 e. The minimum atomic E-state index is -1.45. The first-order valence-electron chi connectivity index (χ1n) is 9.65. The van der Waals surface area contributed by atoms with Crippen molar-refractivity contribution in [2.75, 3.05) is 7.11 Å². The zero-order chi connectivity index (χ0) is 22.6. The molecule has 3 aromatic carbocycles. The van der Waals surface area contributed by atoms with Gasteiger partial charge in [-0.3, -0.25) is 4.57 Å². The van der Waals surface area contributed by atoms with Gasteiger partial charge in [0.1, 0.15) is 12.1 Å². The number of ether oxygens (including phenoxy) is 1. The Kier molecular flexibility index (Phi) is 7.17. The van der Waals surface area contributed by atoms with Crippen LogP contribution in [-0.2, 0) is 5.60 Å². The summed E-state index contributed by atoms with van der Waals surface area (Å²) in [6.07, 6.45) is 1.81. The van der Waals surface area contributed by atoms with E-state index in [4.69, 9.17) is 14.8 Å². The van der Waals surface area contributed by atoms with Crippen LogP contribution in [0.3, 0.4) is 0 Å². The molecule has 0 amide bonds. The second-order valence-corrected chi connectivity index (χ2v) is 8.39. The molecule has 0 aliphatic heterocycles. The molecule has 0 radical (unpaired) electrons. The van der Waals surface area contributed by atoms with Crippen LogP contribution in [0.2, 0.25) is 0 Å². The van der Waals surface area contributed by atoms with Gasteiger partial charge in [-0.05, 0) is 55.2 Å². The highest BCUT2D eigenvalue weighted by Gasteiger charge is 2.17. The molecule has 0 atom stereocenters. The maximum absolute atomic E-state index is 9.59. The number of hydrogen-bond acceptors (Lipinski definition) is 5. The summed E-state index contributed by atoms with van der Waals surface area (Å²) in [4.78, 5) is 4.40. The molecule has 0 unspecified atom stereocenters. The van der Waals surface area contributed by atoms with E-state index in [1.807, 2.05) is 47.3 Å². The van der Waals surface area contributed by atoms with Gasteiger partial charge < -0.3 is 19.9 Å². The third-order valence-corrected chi connectivity index (χ3v) is 5.26. The molecule has 0 bridgehead atoms. The van der Waals surface area contributed by atoms with Gasteiger partial charge in [0.25, 0.3) is 0 Å². The van der Waals surface area contributed by atoms with Gasteiger partial charge in [0, 0.05) is 4.47 Å². The number of rotatable bonds is 4. The van der Waals surface area contributed by atoms with Gasteiger partial charge in [0.15, 0.2) is 0 Å². The lowest BCUT2D eigenvalue weighted by Gasteiger charge is -2.17. The third-order valence-electron chi connectivity index (χ3n) is 4.77. The Morgan fingerprint density at radius 2 is 1.68 bits per heavy atom. The van der Waals surface area contributed by atoms with E-state index in [2.05, 4.69) is 27.0 Å². The minimum Gasteiger partial charge on any atom is -0.495 e. The summed E-state index contributed by atoms with van der Waals surface area (Å²) < 4.78 is 8.45. The summed E-state index contributed by atoms with van der Waals surface area (Å²) >= 11 is 3.49. The first-order chi connectivity index (χ1) is 14.7. The molecule has 4 rings (SSSR count). The molecule has 8 heteroatoms. The van der Waals surface area contributed by atoms with E-state index in [0.717, 1.165) is 32.5 Å². The molecule has 1 aromatic heterocycles. The summed E-state index contributed by atoms with van der Waals surface area (Å²) in [6, 6.07) is 20.4. The van der Waals surface area contributed by atoms with E-state index < -0.39 is 12.7 Å². The van der Waals surface area contributed by atoms with Gasteiger partial charge in [-0.15, -0.1) is 0 Å². The molecule has 0 spiro atoms. The fourth-order valence-electron chi connectivity index (χ4n) is 3.06. The van der Waals surface area contributed by atoms with E-state index in [0.29, 0.717) is 5.46 Å². The average molecular weight is 483 g/mol. The molecule has 0 saturated heterocycles. The van der Waals surface area contributed by atoms with E-state index in [1.54, 1.807) is 45.2 Å². The fourth-order valence-corrected chi connectivity index (χ4v) is 3.41. The molecular formula is C23H24BBrN2O4. The Labute approximate surface area is 190 Å². The maximum Gasteiger partial charge on any atom is 0.488 e. The van der Waals surface area contributed by atoms with Crippen molar-refractivity contribution in [3.8, 4) is 11.4 Å². The van der Waals surface area contributed by atoms with Crippen LogP contribution in [0.4, 0.5) is 0 Å². The van der Waals surface area contributed by atoms with E-state index >= 15 is 0 Å². The highest BCUT2D eigenvalue weighted by molar-refractivity contribution is 9.10. The predicted molar refractivity (Wildman–Crippen MR) is 127 cm³/mol. The molecule has 31 heavy (non-hydrogen) atoms. The van der Waals surface area contributed by atoms with Crippen molar-refractivity contribution in [2.45, 2.75) is 19.4 Å². The van der Waals surface area contributed by atoms with Crippen LogP contribution < -0.4 is 10.2 Å². The van der Waals surface area contributed by atoms with Crippen molar-refractivity contribution in [1.29, 1.82) is 0 Å². The monoisotopic (exact) mass is 482 g/mol. The van der Waals surface area contributed by atoms with Crippen LogP contribution in [0, 0.1) is 0 Å². The third kappa shape index (κ3) is 5.54. The number of aromatic nitrogens is 2. The molecule has 1 heterocycles. The first-order valence-corrected chi connectivity index (χ1v) is 10.4. The van der Waals surface area contributed by atoms with Crippen molar-refractivity contribution in [3.05, 3.63) is 83.1 Å². The zero-order valence-corrected chi connectivity index (χ0v) is 19.1. The summed E-state index contributed by atoms with van der Waals surface area (Å²) in [6.45, 7) is 3.36. The number of para-hydroxylation sites is 2. The second-order valence-electron chi connectivity index (χ2n) is 7.47. The molecule has 3 N–H and O–H groups in total. The van der Waals surface area contributed by atoms with Crippen molar-refractivity contribution < 1.29 is 19.9 Å². The standard InChI is InChI=1S/C14H11BrN2O.C9H13BO3/c1-18-14-5-3-2-4-12(14)17-9-16-11-7-6-10(15)8-13(11)17;1-9(2,11)7-3-5-8(6-4-7)10(12)13/h2-9H,1H3;3-6,11-13H,1-2H3. The molecule has 4 aromatic rings. The molecule has 6 nitrogen and oxygen atoms in total. The second kappa shape index (κ2) is 9.66. The number of fused-ring (bicyclic) bond motifs is 1. The molecule has 160 valence electrons. The van der Waals surface area contributed by atoms with Crippen molar-refractivity contribution >= 4 is 39.5 Å². The van der Waals surface area contributed by atoms with E-state index in [9.17, 15) is 5.11 Å². The van der Waals surface area contributed by atoms with E-state index in [1.165, 1.54) is 0 Å². The molecule has 0 saturated carbocycles. The van der Waals surface area contributed by atoms with Crippen LogP contribution in [-0.4, -0.2) is 38.9 Å². The largest absolute Gasteiger partial charge is 0.495 e. The number of nitrogens with zero attached hydrogens (tertiary/aromatic N) is 2. The number of aliphatic hydroxyl groups is 1. The molecule has 0 aliphatic carbocycles. The summed E-state index contributed by atoms with van der Waals surface area (Å²) in [5.74, 6) is 0.830. The maximum atomic E-state index is 9.59. The Morgan fingerprint density at radius 3 is 2.29 bits per heavy atom. The Balaban J connectivity index is 0.000000187. The normalized spacial score (nSPS) is 11.1. The number of methoxy groups -OCH3 is 1. The molecule has 0 fully saturated rings. The number of benzene rings is 3. The summed E-state index contributed by atoms with van der Waals surface area (Å²) in [5, 5.41) is 27.2. The van der Waals surface area contributed by atoms with E-state index in [-0.39, 0.29) is 0 Å². The highest BCUT2D eigenvalue weighted by atomic mass is 79.9. The fraction of sp³-hybridized carbons (Fsp3) is 0.174. The number of imidazole rings is 1. The molecule has 0 aliphatic rings. The predicted octanol–water partition coefficient (Wildman–Crippen LogP) is 3.39. The highest BCUT2D eigenvalue weighted by Crippen LogP contribution is 2.27. The van der Waals surface area contributed by atoms with Crippen molar-refractivity contribution in [1.82, 2.24) is 9.55 Å². The van der Waals surface area contributed by atoms with Crippen LogP contribution >= 0.6 is 15.9 Å². The van der Waals surface area contributed by atoms with Crippen molar-refractivity contribution in [2.24, 2.45) is 0 Å². The van der Waals surface area contributed by atoms with Gasteiger partial charge in [0.2, 0.25) is 0 Å². The quantitative estimate of drug-likeness (QED) is 0.388. The first kappa shape index (κ1) is 23.0. The van der Waals surface area contributed by atoms with Gasteiger partial charge >= 0.3 is 7.12 Å². The topological polar surface area (TPSA) is 87.7 Å².